The SMILES string of the molecule is Cc1cnc(NC(=O)C2CCN(C(=O)NC3CC3)CC2)s1. The lowest BCUT2D eigenvalue weighted by molar-refractivity contribution is -0.121. The summed E-state index contributed by atoms with van der Waals surface area (Å²) in [7, 11) is 0. The molecule has 2 heterocycles. The first-order valence-corrected chi connectivity index (χ1v) is 8.22. The van der Waals surface area contributed by atoms with Gasteiger partial charge in [0.05, 0.1) is 0 Å². The lowest BCUT2D eigenvalue weighted by atomic mass is 9.96. The number of carbonyl (C=O) groups excluding carboxylic acids is 2. The molecule has 0 aromatic carbocycles. The van der Waals surface area contributed by atoms with Crippen LogP contribution in [-0.4, -0.2) is 41.0 Å². The zero-order valence-corrected chi connectivity index (χ0v) is 12.9. The summed E-state index contributed by atoms with van der Waals surface area (Å²) in [4.78, 5) is 31.1. The normalized spacial score (nSPS) is 19.4. The van der Waals surface area contributed by atoms with Crippen molar-refractivity contribution in [3.05, 3.63) is 11.1 Å². The van der Waals surface area contributed by atoms with Crippen molar-refractivity contribution in [3.63, 3.8) is 0 Å². The summed E-state index contributed by atoms with van der Waals surface area (Å²) in [6.07, 6.45) is 5.38. The smallest absolute Gasteiger partial charge is 0.317 e. The topological polar surface area (TPSA) is 74.3 Å². The molecule has 0 unspecified atom stereocenters. The predicted octanol–water partition coefficient (Wildman–Crippen LogP) is 1.97. The number of carbonyl (C=O) groups is 2. The Morgan fingerprint density at radius 3 is 2.57 bits per heavy atom. The zero-order valence-electron chi connectivity index (χ0n) is 12.1. The van der Waals surface area contributed by atoms with Crippen molar-refractivity contribution in [1.29, 1.82) is 0 Å². The van der Waals surface area contributed by atoms with E-state index in [4.69, 9.17) is 0 Å². The van der Waals surface area contributed by atoms with Crippen molar-refractivity contribution in [3.8, 4) is 0 Å². The molecular weight excluding hydrogens is 288 g/mol. The Hall–Kier alpha value is -1.63. The predicted molar refractivity (Wildman–Crippen MR) is 81.3 cm³/mol. The molecule has 0 radical (unpaired) electrons. The van der Waals surface area contributed by atoms with Crippen molar-refractivity contribution >= 4 is 28.4 Å². The molecule has 3 amide bonds. The maximum atomic E-state index is 12.2. The minimum atomic E-state index is -0.0285. The number of hydrogen-bond donors (Lipinski definition) is 2. The molecule has 21 heavy (non-hydrogen) atoms. The molecule has 6 nitrogen and oxygen atoms in total. The third kappa shape index (κ3) is 3.72. The van der Waals surface area contributed by atoms with E-state index < -0.39 is 0 Å². The average molecular weight is 308 g/mol. The van der Waals surface area contributed by atoms with Crippen LogP contribution in [-0.2, 0) is 4.79 Å². The Balaban J connectivity index is 1.46. The summed E-state index contributed by atoms with van der Waals surface area (Å²) in [5, 5.41) is 6.52. The van der Waals surface area contributed by atoms with Crippen LogP contribution >= 0.6 is 11.3 Å². The Kier molecular flexibility index (Phi) is 4.10. The van der Waals surface area contributed by atoms with Gasteiger partial charge < -0.3 is 15.5 Å². The van der Waals surface area contributed by atoms with Gasteiger partial charge in [0.15, 0.2) is 5.13 Å². The molecule has 1 aliphatic carbocycles. The molecule has 1 aliphatic heterocycles. The van der Waals surface area contributed by atoms with Gasteiger partial charge in [0.25, 0.3) is 0 Å². The summed E-state index contributed by atoms with van der Waals surface area (Å²) < 4.78 is 0. The Labute approximate surface area is 127 Å². The van der Waals surface area contributed by atoms with Crippen molar-refractivity contribution in [1.82, 2.24) is 15.2 Å². The van der Waals surface area contributed by atoms with Crippen LogP contribution in [0.1, 0.15) is 30.6 Å². The van der Waals surface area contributed by atoms with E-state index in [1.54, 1.807) is 6.20 Å². The van der Waals surface area contributed by atoms with Gasteiger partial charge in [-0.25, -0.2) is 9.78 Å². The molecular formula is C14H20N4O2S. The summed E-state index contributed by atoms with van der Waals surface area (Å²) in [6.45, 7) is 3.26. The van der Waals surface area contributed by atoms with Crippen LogP contribution in [0.5, 0.6) is 0 Å². The zero-order chi connectivity index (χ0) is 14.8. The monoisotopic (exact) mass is 308 g/mol. The number of rotatable bonds is 3. The first-order valence-electron chi connectivity index (χ1n) is 7.40. The minimum Gasteiger partial charge on any atom is -0.335 e. The van der Waals surface area contributed by atoms with Gasteiger partial charge in [0, 0.05) is 36.1 Å². The largest absolute Gasteiger partial charge is 0.335 e. The highest BCUT2D eigenvalue weighted by Gasteiger charge is 2.30. The van der Waals surface area contributed by atoms with Crippen LogP contribution in [0.4, 0.5) is 9.93 Å². The van der Waals surface area contributed by atoms with Crippen LogP contribution in [0, 0.1) is 12.8 Å². The van der Waals surface area contributed by atoms with Crippen LogP contribution in [0.2, 0.25) is 0 Å². The van der Waals surface area contributed by atoms with Crippen LogP contribution in [0.15, 0.2) is 6.20 Å². The molecule has 2 aliphatic rings. The third-order valence-corrected chi connectivity index (χ3v) is 4.74. The third-order valence-electron chi connectivity index (χ3n) is 3.91. The lowest BCUT2D eigenvalue weighted by Gasteiger charge is -2.31. The van der Waals surface area contributed by atoms with Gasteiger partial charge >= 0.3 is 6.03 Å². The molecule has 1 aromatic heterocycles. The van der Waals surface area contributed by atoms with E-state index in [0.29, 0.717) is 37.1 Å². The molecule has 2 fully saturated rings. The quantitative estimate of drug-likeness (QED) is 0.896. The number of hydrogen-bond acceptors (Lipinski definition) is 4. The molecule has 0 bridgehead atoms. The summed E-state index contributed by atoms with van der Waals surface area (Å²) >= 11 is 1.48. The molecule has 1 saturated heterocycles. The van der Waals surface area contributed by atoms with Gasteiger partial charge in [0.1, 0.15) is 0 Å². The lowest BCUT2D eigenvalue weighted by Crippen LogP contribution is -2.46. The first-order chi connectivity index (χ1) is 10.1. The van der Waals surface area contributed by atoms with Crippen molar-refractivity contribution < 1.29 is 9.59 Å². The van der Waals surface area contributed by atoms with Crippen LogP contribution in [0.3, 0.4) is 0 Å². The second-order valence-corrected chi connectivity index (χ2v) is 6.99. The standard InChI is InChI=1S/C14H20N4O2S/c1-9-8-15-13(21-9)17-12(19)10-4-6-18(7-5-10)14(20)16-11-2-3-11/h8,10-11H,2-7H2,1H3,(H,16,20)(H,15,17,19). The van der Waals surface area contributed by atoms with E-state index in [1.165, 1.54) is 11.3 Å². The highest BCUT2D eigenvalue weighted by molar-refractivity contribution is 7.15. The second-order valence-electron chi connectivity index (χ2n) is 5.75. The number of thiazole rings is 1. The van der Waals surface area contributed by atoms with Crippen molar-refractivity contribution in [2.75, 3.05) is 18.4 Å². The molecule has 114 valence electrons. The number of urea groups is 1. The first kappa shape index (κ1) is 14.3. The Morgan fingerprint density at radius 2 is 2.00 bits per heavy atom. The maximum absolute atomic E-state index is 12.2. The molecule has 3 rings (SSSR count). The number of anilines is 1. The van der Waals surface area contributed by atoms with Crippen LogP contribution in [0.25, 0.3) is 0 Å². The molecule has 0 atom stereocenters. The molecule has 0 spiro atoms. The Bertz CT molecular complexity index is 533. The van der Waals surface area contributed by atoms with Gasteiger partial charge in [-0.1, -0.05) is 0 Å². The summed E-state index contributed by atoms with van der Waals surface area (Å²) in [5.74, 6) is -0.00854. The highest BCUT2D eigenvalue weighted by atomic mass is 32.1. The number of amides is 3. The molecule has 7 heteroatoms. The second kappa shape index (κ2) is 6.01. The van der Waals surface area contributed by atoms with Gasteiger partial charge in [-0.05, 0) is 32.6 Å². The average Bonchev–Trinajstić information content (AvgIpc) is 3.20. The van der Waals surface area contributed by atoms with Gasteiger partial charge in [-0.15, -0.1) is 11.3 Å². The Morgan fingerprint density at radius 1 is 1.29 bits per heavy atom. The molecule has 1 saturated carbocycles. The number of nitrogens with zero attached hydrogens (tertiary/aromatic N) is 2. The van der Waals surface area contributed by atoms with E-state index in [1.807, 2.05) is 11.8 Å². The van der Waals surface area contributed by atoms with E-state index in [0.717, 1.165) is 17.7 Å². The fraction of sp³-hybridized carbons (Fsp3) is 0.643. The van der Waals surface area contributed by atoms with E-state index >= 15 is 0 Å². The number of piperidine rings is 1. The highest BCUT2D eigenvalue weighted by Crippen LogP contribution is 2.23. The van der Waals surface area contributed by atoms with E-state index in [9.17, 15) is 9.59 Å². The summed E-state index contributed by atoms with van der Waals surface area (Å²) in [6, 6.07) is 0.401. The maximum Gasteiger partial charge on any atom is 0.317 e. The minimum absolute atomic E-state index is 0.0200. The number of likely N-dealkylation sites (tertiary alicyclic amines) is 1. The number of aryl methyl sites for hydroxylation is 1. The number of nitrogens with one attached hydrogen (secondary N) is 2. The fourth-order valence-corrected chi connectivity index (χ4v) is 3.13. The van der Waals surface area contributed by atoms with E-state index in [2.05, 4.69) is 15.6 Å². The molecule has 2 N–H and O–H groups in total. The van der Waals surface area contributed by atoms with Crippen molar-refractivity contribution in [2.45, 2.75) is 38.6 Å². The number of aromatic nitrogens is 1. The van der Waals surface area contributed by atoms with Crippen molar-refractivity contribution in [2.24, 2.45) is 5.92 Å². The van der Waals surface area contributed by atoms with Gasteiger partial charge in [-0.3, -0.25) is 4.79 Å². The van der Waals surface area contributed by atoms with Gasteiger partial charge in [-0.2, -0.15) is 0 Å². The van der Waals surface area contributed by atoms with Gasteiger partial charge in [0.2, 0.25) is 5.91 Å². The van der Waals surface area contributed by atoms with E-state index in [-0.39, 0.29) is 17.9 Å². The summed E-state index contributed by atoms with van der Waals surface area (Å²) in [5.41, 5.74) is 0. The van der Waals surface area contributed by atoms with Crippen LogP contribution < -0.4 is 10.6 Å². The fourth-order valence-electron chi connectivity index (χ4n) is 2.46. The molecule has 1 aromatic rings.